The molecule has 0 unspecified atom stereocenters. The van der Waals surface area contributed by atoms with E-state index >= 15 is 0 Å². The van der Waals surface area contributed by atoms with Crippen LogP contribution in [0.1, 0.15) is 23.8 Å². The first kappa shape index (κ1) is 13.8. The number of hydrogen-bond acceptors (Lipinski definition) is 5. The van der Waals surface area contributed by atoms with Gasteiger partial charge in [-0.1, -0.05) is 11.2 Å². The maximum Gasteiger partial charge on any atom is 0.231 e. The molecule has 1 aliphatic heterocycles. The molecule has 2 atom stereocenters. The van der Waals surface area contributed by atoms with E-state index < -0.39 is 0 Å². The van der Waals surface area contributed by atoms with Crippen LogP contribution in [0.25, 0.3) is 0 Å². The van der Waals surface area contributed by atoms with Crippen molar-refractivity contribution < 1.29 is 14.1 Å². The second-order valence-corrected chi connectivity index (χ2v) is 5.96. The van der Waals surface area contributed by atoms with Gasteiger partial charge >= 0.3 is 0 Å². The fourth-order valence-corrected chi connectivity index (χ4v) is 3.59. The van der Waals surface area contributed by atoms with Gasteiger partial charge in [0.1, 0.15) is 6.26 Å². The third-order valence-electron chi connectivity index (χ3n) is 3.72. The van der Waals surface area contributed by atoms with Crippen LogP contribution in [0, 0.1) is 5.92 Å². The minimum absolute atomic E-state index is 0.0684. The van der Waals surface area contributed by atoms with Gasteiger partial charge in [-0.25, -0.2) is 0 Å². The molecule has 1 fully saturated rings. The molecule has 1 N–H and O–H groups in total. The predicted octanol–water partition coefficient (Wildman–Crippen LogP) is 2.28. The molecule has 2 amide bonds. The molecule has 3 rings (SSSR count). The molecule has 0 aliphatic carbocycles. The number of likely N-dealkylation sites (tertiary alicyclic amines) is 1. The second kappa shape index (κ2) is 5.69. The topological polar surface area (TPSA) is 75.4 Å². The van der Waals surface area contributed by atoms with E-state index in [1.807, 2.05) is 17.5 Å². The molecular weight excluding hydrogens is 290 g/mol. The Balaban J connectivity index is 1.84. The van der Waals surface area contributed by atoms with Crippen LogP contribution in [-0.4, -0.2) is 28.9 Å². The van der Waals surface area contributed by atoms with Gasteiger partial charge in [0.25, 0.3) is 0 Å². The van der Waals surface area contributed by atoms with E-state index in [-0.39, 0.29) is 23.8 Å². The highest BCUT2D eigenvalue weighted by Gasteiger charge is 2.39. The summed E-state index contributed by atoms with van der Waals surface area (Å²) in [7, 11) is 1.75. The number of carbonyl (C=O) groups is 2. The number of piperidine rings is 1. The van der Waals surface area contributed by atoms with Crippen LogP contribution in [0.15, 0.2) is 34.4 Å². The average Bonchev–Trinajstić information content (AvgIpc) is 3.14. The van der Waals surface area contributed by atoms with Gasteiger partial charge < -0.3 is 14.7 Å². The third-order valence-corrected chi connectivity index (χ3v) is 4.66. The first-order valence-electron chi connectivity index (χ1n) is 6.67. The Labute approximate surface area is 125 Å². The normalized spacial score (nSPS) is 22.3. The SMILES string of the molecule is CN1C(=O)CC[C@@H](C(=O)Nc2ccon2)[C@H]1c1cccs1. The molecule has 1 aliphatic rings. The Kier molecular flexibility index (Phi) is 3.74. The van der Waals surface area contributed by atoms with Crippen molar-refractivity contribution >= 4 is 29.0 Å². The van der Waals surface area contributed by atoms with Gasteiger partial charge in [0.05, 0.1) is 12.0 Å². The van der Waals surface area contributed by atoms with E-state index in [0.717, 1.165) is 4.88 Å². The number of aromatic nitrogens is 1. The summed E-state index contributed by atoms with van der Waals surface area (Å²) in [6.45, 7) is 0. The van der Waals surface area contributed by atoms with Crippen molar-refractivity contribution in [2.75, 3.05) is 12.4 Å². The molecule has 6 nitrogen and oxygen atoms in total. The number of thiophene rings is 1. The molecule has 0 spiro atoms. The zero-order valence-corrected chi connectivity index (χ0v) is 12.3. The lowest BCUT2D eigenvalue weighted by molar-refractivity contribution is -0.140. The molecule has 7 heteroatoms. The number of hydrogen-bond donors (Lipinski definition) is 1. The largest absolute Gasteiger partial charge is 0.363 e. The van der Waals surface area contributed by atoms with Crippen LogP contribution < -0.4 is 5.32 Å². The molecular formula is C14H15N3O3S. The monoisotopic (exact) mass is 305 g/mol. The van der Waals surface area contributed by atoms with Crippen molar-refractivity contribution in [3.63, 3.8) is 0 Å². The van der Waals surface area contributed by atoms with Gasteiger partial charge in [-0.05, 0) is 17.9 Å². The molecule has 3 heterocycles. The highest BCUT2D eigenvalue weighted by molar-refractivity contribution is 7.10. The van der Waals surface area contributed by atoms with Gasteiger partial charge in [-0.15, -0.1) is 11.3 Å². The minimum atomic E-state index is -0.289. The van der Waals surface area contributed by atoms with Crippen LogP contribution in [0.3, 0.4) is 0 Å². The van der Waals surface area contributed by atoms with E-state index in [4.69, 9.17) is 4.52 Å². The van der Waals surface area contributed by atoms with Crippen molar-refractivity contribution in [1.82, 2.24) is 10.1 Å². The van der Waals surface area contributed by atoms with Crippen LogP contribution >= 0.6 is 11.3 Å². The van der Waals surface area contributed by atoms with Crippen molar-refractivity contribution in [2.45, 2.75) is 18.9 Å². The zero-order valence-electron chi connectivity index (χ0n) is 11.5. The number of nitrogens with zero attached hydrogens (tertiary/aromatic N) is 2. The molecule has 2 aromatic rings. The van der Waals surface area contributed by atoms with Crippen LogP contribution in [0.5, 0.6) is 0 Å². The van der Waals surface area contributed by atoms with E-state index in [0.29, 0.717) is 18.7 Å². The quantitative estimate of drug-likeness (QED) is 0.944. The predicted molar refractivity (Wildman–Crippen MR) is 77.7 cm³/mol. The molecule has 0 saturated carbocycles. The molecule has 0 bridgehead atoms. The van der Waals surface area contributed by atoms with Gasteiger partial charge in [-0.3, -0.25) is 9.59 Å². The average molecular weight is 305 g/mol. The van der Waals surface area contributed by atoms with Crippen molar-refractivity contribution in [3.05, 3.63) is 34.7 Å². The summed E-state index contributed by atoms with van der Waals surface area (Å²) in [4.78, 5) is 27.1. The fourth-order valence-electron chi connectivity index (χ4n) is 2.66. The summed E-state index contributed by atoms with van der Waals surface area (Å²) in [5, 5.41) is 8.38. The Morgan fingerprint density at radius 3 is 3.05 bits per heavy atom. The second-order valence-electron chi connectivity index (χ2n) is 4.98. The lowest BCUT2D eigenvalue weighted by atomic mass is 9.87. The lowest BCUT2D eigenvalue weighted by Crippen LogP contribution is -2.44. The lowest BCUT2D eigenvalue weighted by Gasteiger charge is -2.37. The Hall–Kier alpha value is -2.15. The minimum Gasteiger partial charge on any atom is -0.363 e. The Morgan fingerprint density at radius 2 is 2.38 bits per heavy atom. The summed E-state index contributed by atoms with van der Waals surface area (Å²) in [6, 6.07) is 5.26. The van der Waals surface area contributed by atoms with Crippen LogP contribution in [0.2, 0.25) is 0 Å². The molecule has 1 saturated heterocycles. The number of anilines is 1. The molecule has 0 radical (unpaired) electrons. The van der Waals surface area contributed by atoms with Crippen molar-refractivity contribution in [3.8, 4) is 0 Å². The van der Waals surface area contributed by atoms with Crippen LogP contribution in [0.4, 0.5) is 5.82 Å². The van der Waals surface area contributed by atoms with Gasteiger partial charge in [0.15, 0.2) is 5.82 Å². The first-order valence-corrected chi connectivity index (χ1v) is 7.55. The highest BCUT2D eigenvalue weighted by atomic mass is 32.1. The van der Waals surface area contributed by atoms with Gasteiger partial charge in [0, 0.05) is 24.4 Å². The Morgan fingerprint density at radius 1 is 1.52 bits per heavy atom. The summed E-state index contributed by atoms with van der Waals surface area (Å²) in [6.07, 6.45) is 2.33. The smallest absolute Gasteiger partial charge is 0.231 e. The Bertz CT molecular complexity index is 624. The molecule has 2 aromatic heterocycles. The van der Waals surface area contributed by atoms with Crippen molar-refractivity contribution in [1.29, 1.82) is 0 Å². The summed E-state index contributed by atoms with van der Waals surface area (Å²) in [5.74, 6) is 0.0352. The number of amides is 2. The summed E-state index contributed by atoms with van der Waals surface area (Å²) < 4.78 is 4.71. The fraction of sp³-hybridized carbons (Fsp3) is 0.357. The van der Waals surface area contributed by atoms with E-state index in [9.17, 15) is 9.59 Å². The third kappa shape index (κ3) is 2.69. The number of rotatable bonds is 3. The molecule has 110 valence electrons. The van der Waals surface area contributed by atoms with E-state index in [2.05, 4.69) is 10.5 Å². The summed E-state index contributed by atoms with van der Waals surface area (Å²) in [5.41, 5.74) is 0. The van der Waals surface area contributed by atoms with E-state index in [1.165, 1.54) is 6.26 Å². The molecule has 21 heavy (non-hydrogen) atoms. The number of carbonyl (C=O) groups excluding carboxylic acids is 2. The zero-order chi connectivity index (χ0) is 14.8. The van der Waals surface area contributed by atoms with Crippen molar-refractivity contribution in [2.24, 2.45) is 5.92 Å². The van der Waals surface area contributed by atoms with E-state index in [1.54, 1.807) is 29.4 Å². The van der Waals surface area contributed by atoms with Gasteiger partial charge in [0.2, 0.25) is 11.8 Å². The highest BCUT2D eigenvalue weighted by Crippen LogP contribution is 2.38. The maximum absolute atomic E-state index is 12.5. The maximum atomic E-state index is 12.5. The number of nitrogens with one attached hydrogen (secondary N) is 1. The van der Waals surface area contributed by atoms with Gasteiger partial charge in [-0.2, -0.15) is 0 Å². The first-order chi connectivity index (χ1) is 10.2. The molecule has 0 aromatic carbocycles. The standard InChI is InChI=1S/C14H15N3O3S/c1-17-12(18)5-4-9(13(17)10-3-2-8-21-10)14(19)15-11-6-7-20-16-11/h2-3,6-9,13H,4-5H2,1H3,(H,15,16,19)/t9-,13+/m1/s1. The van der Waals surface area contributed by atoms with Crippen LogP contribution in [-0.2, 0) is 9.59 Å². The summed E-state index contributed by atoms with van der Waals surface area (Å²) >= 11 is 1.56.